The molecule has 0 aliphatic heterocycles. The van der Waals surface area contributed by atoms with Crippen LogP contribution in [0.1, 0.15) is 26.7 Å². The van der Waals surface area contributed by atoms with E-state index in [1.54, 1.807) is 13.8 Å². The summed E-state index contributed by atoms with van der Waals surface area (Å²) in [7, 11) is 0. The van der Waals surface area contributed by atoms with Crippen molar-refractivity contribution >= 4 is 11.9 Å². The fourth-order valence-electron chi connectivity index (χ4n) is 1.22. The minimum Gasteiger partial charge on any atom is -0.481 e. The molecular formula is C9H15NO3. The van der Waals surface area contributed by atoms with Crippen molar-refractivity contribution in [3.63, 3.8) is 0 Å². The molecule has 4 nitrogen and oxygen atoms in total. The van der Waals surface area contributed by atoms with Crippen molar-refractivity contribution in [3.05, 3.63) is 0 Å². The largest absolute Gasteiger partial charge is 0.481 e. The van der Waals surface area contributed by atoms with Gasteiger partial charge in [-0.1, -0.05) is 13.8 Å². The van der Waals surface area contributed by atoms with Gasteiger partial charge in [-0.05, 0) is 18.8 Å². The lowest BCUT2D eigenvalue weighted by Gasteiger charge is -2.15. The van der Waals surface area contributed by atoms with E-state index in [9.17, 15) is 9.59 Å². The number of carbonyl (C=O) groups is 2. The molecule has 1 unspecified atom stereocenters. The maximum absolute atomic E-state index is 11.4. The van der Waals surface area contributed by atoms with E-state index in [-0.39, 0.29) is 17.9 Å². The molecule has 1 amide bonds. The van der Waals surface area contributed by atoms with Gasteiger partial charge < -0.3 is 10.4 Å². The monoisotopic (exact) mass is 185 g/mol. The van der Waals surface area contributed by atoms with Gasteiger partial charge in [0.25, 0.3) is 0 Å². The van der Waals surface area contributed by atoms with E-state index in [1.165, 1.54) is 0 Å². The van der Waals surface area contributed by atoms with E-state index in [0.717, 1.165) is 12.8 Å². The van der Waals surface area contributed by atoms with E-state index >= 15 is 0 Å². The zero-order chi connectivity index (χ0) is 10.0. The number of carboxylic acid groups (broad SMARTS) is 1. The Bertz CT molecular complexity index is 221. The van der Waals surface area contributed by atoms with Crippen LogP contribution in [0.5, 0.6) is 0 Å². The molecule has 1 rings (SSSR count). The molecule has 0 saturated heterocycles. The number of amides is 1. The van der Waals surface area contributed by atoms with Crippen LogP contribution in [0.15, 0.2) is 0 Å². The van der Waals surface area contributed by atoms with Crippen molar-refractivity contribution in [1.82, 2.24) is 5.32 Å². The molecule has 1 aliphatic carbocycles. The Labute approximate surface area is 77.3 Å². The number of carboxylic acids is 1. The summed E-state index contributed by atoms with van der Waals surface area (Å²) in [6, 6.07) is 0.230. The number of rotatable bonds is 4. The summed E-state index contributed by atoms with van der Waals surface area (Å²) in [5, 5.41) is 11.5. The Hall–Kier alpha value is -1.06. The van der Waals surface area contributed by atoms with E-state index < -0.39 is 11.9 Å². The predicted octanol–water partition coefficient (Wildman–Crippen LogP) is 0.622. The second-order valence-electron chi connectivity index (χ2n) is 3.84. The number of carbonyl (C=O) groups excluding carboxylic acids is 1. The number of hydrogen-bond acceptors (Lipinski definition) is 2. The molecule has 13 heavy (non-hydrogen) atoms. The highest BCUT2D eigenvalue weighted by atomic mass is 16.4. The summed E-state index contributed by atoms with van der Waals surface area (Å²) in [6.07, 6.45) is 1.96. The van der Waals surface area contributed by atoms with Gasteiger partial charge in [0.1, 0.15) is 5.92 Å². The molecular weight excluding hydrogens is 170 g/mol. The first-order chi connectivity index (χ1) is 6.02. The molecule has 2 N–H and O–H groups in total. The maximum Gasteiger partial charge on any atom is 0.316 e. The van der Waals surface area contributed by atoms with Gasteiger partial charge in [-0.2, -0.15) is 0 Å². The molecule has 1 aliphatic rings. The Morgan fingerprint density at radius 2 is 1.92 bits per heavy atom. The standard InChI is InChI=1S/C9H15NO3/c1-5(2)7(9(12)13)8(11)10-6-3-4-6/h5-7H,3-4H2,1-2H3,(H,10,11)(H,12,13). The van der Waals surface area contributed by atoms with Crippen LogP contribution in [0.4, 0.5) is 0 Å². The van der Waals surface area contributed by atoms with Crippen LogP contribution in [0.3, 0.4) is 0 Å². The van der Waals surface area contributed by atoms with E-state index in [0.29, 0.717) is 0 Å². The molecule has 0 spiro atoms. The number of hydrogen-bond donors (Lipinski definition) is 2. The van der Waals surface area contributed by atoms with Crippen molar-refractivity contribution in [1.29, 1.82) is 0 Å². The van der Waals surface area contributed by atoms with Crippen LogP contribution >= 0.6 is 0 Å². The third-order valence-corrected chi connectivity index (χ3v) is 2.14. The minimum atomic E-state index is -1.03. The predicted molar refractivity (Wildman–Crippen MR) is 47.1 cm³/mol. The van der Waals surface area contributed by atoms with Crippen molar-refractivity contribution in [2.45, 2.75) is 32.7 Å². The highest BCUT2D eigenvalue weighted by molar-refractivity contribution is 5.97. The SMILES string of the molecule is CC(C)C(C(=O)O)C(=O)NC1CC1. The smallest absolute Gasteiger partial charge is 0.316 e. The Morgan fingerprint density at radius 1 is 1.38 bits per heavy atom. The lowest BCUT2D eigenvalue weighted by Crippen LogP contribution is -2.39. The van der Waals surface area contributed by atoms with Gasteiger partial charge in [0.2, 0.25) is 5.91 Å². The number of nitrogens with one attached hydrogen (secondary N) is 1. The van der Waals surface area contributed by atoms with Crippen molar-refractivity contribution < 1.29 is 14.7 Å². The fraction of sp³-hybridized carbons (Fsp3) is 0.778. The Morgan fingerprint density at radius 3 is 2.23 bits per heavy atom. The molecule has 0 bridgehead atoms. The molecule has 0 aromatic carbocycles. The molecule has 1 saturated carbocycles. The zero-order valence-electron chi connectivity index (χ0n) is 7.91. The molecule has 1 atom stereocenters. The van der Waals surface area contributed by atoms with Gasteiger partial charge in [-0.15, -0.1) is 0 Å². The van der Waals surface area contributed by atoms with Gasteiger partial charge in [0.05, 0.1) is 0 Å². The summed E-state index contributed by atoms with van der Waals surface area (Å²) in [5.41, 5.74) is 0. The van der Waals surface area contributed by atoms with Gasteiger partial charge >= 0.3 is 5.97 Å². The van der Waals surface area contributed by atoms with Crippen LogP contribution in [-0.4, -0.2) is 23.0 Å². The Kier molecular flexibility index (Phi) is 2.90. The third-order valence-electron chi connectivity index (χ3n) is 2.14. The van der Waals surface area contributed by atoms with Crippen molar-refractivity contribution in [2.75, 3.05) is 0 Å². The van der Waals surface area contributed by atoms with Crippen LogP contribution in [0.25, 0.3) is 0 Å². The zero-order valence-corrected chi connectivity index (χ0v) is 7.91. The average Bonchev–Trinajstić information content (AvgIpc) is 2.68. The molecule has 0 radical (unpaired) electrons. The second-order valence-corrected chi connectivity index (χ2v) is 3.84. The molecule has 4 heteroatoms. The lowest BCUT2D eigenvalue weighted by atomic mass is 9.95. The third kappa shape index (κ3) is 2.72. The summed E-state index contributed by atoms with van der Waals surface area (Å²) in [4.78, 5) is 22.1. The highest BCUT2D eigenvalue weighted by Gasteiger charge is 2.33. The van der Waals surface area contributed by atoms with Gasteiger partial charge in [-0.25, -0.2) is 0 Å². The molecule has 0 aromatic rings. The van der Waals surface area contributed by atoms with Crippen molar-refractivity contribution in [2.24, 2.45) is 11.8 Å². The minimum absolute atomic E-state index is 0.156. The van der Waals surface area contributed by atoms with Crippen LogP contribution in [-0.2, 0) is 9.59 Å². The van der Waals surface area contributed by atoms with Gasteiger partial charge in [0, 0.05) is 6.04 Å². The summed E-state index contributed by atoms with van der Waals surface area (Å²) in [6.45, 7) is 3.48. The average molecular weight is 185 g/mol. The second kappa shape index (κ2) is 3.77. The first kappa shape index (κ1) is 10.0. The first-order valence-electron chi connectivity index (χ1n) is 4.55. The lowest BCUT2D eigenvalue weighted by molar-refractivity contribution is -0.148. The normalized spacial score (nSPS) is 18.4. The topological polar surface area (TPSA) is 66.4 Å². The van der Waals surface area contributed by atoms with Crippen LogP contribution in [0.2, 0.25) is 0 Å². The van der Waals surface area contributed by atoms with Gasteiger partial charge in [-0.3, -0.25) is 9.59 Å². The summed E-state index contributed by atoms with van der Waals surface area (Å²) < 4.78 is 0. The Balaban J connectivity index is 2.51. The summed E-state index contributed by atoms with van der Waals surface area (Å²) in [5.74, 6) is -2.44. The van der Waals surface area contributed by atoms with Crippen molar-refractivity contribution in [3.8, 4) is 0 Å². The van der Waals surface area contributed by atoms with E-state index in [1.807, 2.05) is 0 Å². The molecule has 74 valence electrons. The van der Waals surface area contributed by atoms with Crippen LogP contribution < -0.4 is 5.32 Å². The van der Waals surface area contributed by atoms with Gasteiger partial charge in [0.15, 0.2) is 0 Å². The molecule has 1 fully saturated rings. The maximum atomic E-state index is 11.4. The fourth-order valence-corrected chi connectivity index (χ4v) is 1.22. The molecule has 0 aromatic heterocycles. The first-order valence-corrected chi connectivity index (χ1v) is 4.55. The van der Waals surface area contributed by atoms with Crippen LogP contribution in [0, 0.1) is 11.8 Å². The highest BCUT2D eigenvalue weighted by Crippen LogP contribution is 2.20. The quantitative estimate of drug-likeness (QED) is 0.631. The van der Waals surface area contributed by atoms with E-state index in [4.69, 9.17) is 5.11 Å². The van der Waals surface area contributed by atoms with E-state index in [2.05, 4.69) is 5.32 Å². The molecule has 0 heterocycles. The summed E-state index contributed by atoms with van der Waals surface area (Å²) >= 11 is 0. The number of aliphatic carboxylic acids is 1.